The maximum atomic E-state index is 5.86. The minimum atomic E-state index is 0.0597. The quantitative estimate of drug-likeness (QED) is 0.836. The molecule has 0 aliphatic carbocycles. The number of nitrogens with two attached hydrogens (primary N) is 2. The molecule has 0 radical (unpaired) electrons. The lowest BCUT2D eigenvalue weighted by atomic mass is 10.2. The average molecular weight is 252 g/mol. The number of aromatic nitrogens is 3. The smallest absolute Gasteiger partial charge is 0.225 e. The SMILES string of the molecule is COc1cc(Cl)ccc1-c1nc(N)nc(N)n1. The van der Waals surface area contributed by atoms with Crippen molar-refractivity contribution in [3.8, 4) is 17.1 Å². The molecule has 88 valence electrons. The van der Waals surface area contributed by atoms with Gasteiger partial charge in [-0.05, 0) is 18.2 Å². The van der Waals surface area contributed by atoms with Gasteiger partial charge < -0.3 is 16.2 Å². The Hall–Kier alpha value is -2.08. The summed E-state index contributed by atoms with van der Waals surface area (Å²) < 4.78 is 5.19. The second-order valence-electron chi connectivity index (χ2n) is 3.22. The predicted octanol–water partition coefficient (Wildman–Crippen LogP) is 1.36. The zero-order valence-corrected chi connectivity index (χ0v) is 9.77. The Morgan fingerprint density at radius 3 is 2.35 bits per heavy atom. The normalized spacial score (nSPS) is 10.2. The number of halogens is 1. The Morgan fingerprint density at radius 1 is 1.12 bits per heavy atom. The fourth-order valence-electron chi connectivity index (χ4n) is 1.38. The molecule has 1 heterocycles. The van der Waals surface area contributed by atoms with Crippen molar-refractivity contribution in [1.82, 2.24) is 15.0 Å². The third kappa shape index (κ3) is 2.36. The van der Waals surface area contributed by atoms with Crippen LogP contribution in [-0.2, 0) is 0 Å². The van der Waals surface area contributed by atoms with E-state index in [9.17, 15) is 0 Å². The Labute approximate surface area is 103 Å². The highest BCUT2D eigenvalue weighted by atomic mass is 35.5. The number of hydrogen-bond donors (Lipinski definition) is 2. The molecule has 0 aliphatic rings. The molecule has 6 nitrogen and oxygen atoms in total. The molecule has 0 aliphatic heterocycles. The van der Waals surface area contributed by atoms with E-state index in [0.29, 0.717) is 22.2 Å². The molecular formula is C10H10ClN5O. The van der Waals surface area contributed by atoms with Crippen LogP contribution in [0, 0.1) is 0 Å². The first-order valence-electron chi connectivity index (χ1n) is 4.71. The molecule has 1 aromatic carbocycles. The van der Waals surface area contributed by atoms with Crippen LogP contribution in [0.15, 0.2) is 18.2 Å². The minimum Gasteiger partial charge on any atom is -0.496 e. The Bertz CT molecular complexity index is 540. The number of nitrogens with zero attached hydrogens (tertiary/aromatic N) is 3. The molecule has 0 bridgehead atoms. The van der Waals surface area contributed by atoms with Gasteiger partial charge in [0.2, 0.25) is 11.9 Å². The summed E-state index contributed by atoms with van der Waals surface area (Å²) in [7, 11) is 1.53. The van der Waals surface area contributed by atoms with Gasteiger partial charge in [-0.1, -0.05) is 11.6 Å². The monoisotopic (exact) mass is 251 g/mol. The summed E-state index contributed by atoms with van der Waals surface area (Å²) in [6.45, 7) is 0. The van der Waals surface area contributed by atoms with Crippen LogP contribution in [0.2, 0.25) is 5.02 Å². The maximum Gasteiger partial charge on any atom is 0.225 e. The van der Waals surface area contributed by atoms with Crippen LogP contribution in [0.1, 0.15) is 0 Å². The predicted molar refractivity (Wildman–Crippen MR) is 65.6 cm³/mol. The van der Waals surface area contributed by atoms with Gasteiger partial charge in [0.1, 0.15) is 5.75 Å². The summed E-state index contributed by atoms with van der Waals surface area (Å²) in [6.07, 6.45) is 0. The van der Waals surface area contributed by atoms with E-state index >= 15 is 0 Å². The lowest BCUT2D eigenvalue weighted by molar-refractivity contribution is 0.416. The molecule has 17 heavy (non-hydrogen) atoms. The van der Waals surface area contributed by atoms with E-state index in [0.717, 1.165) is 0 Å². The van der Waals surface area contributed by atoms with Crippen LogP contribution in [0.25, 0.3) is 11.4 Å². The molecule has 0 spiro atoms. The van der Waals surface area contributed by atoms with Crippen molar-refractivity contribution in [2.45, 2.75) is 0 Å². The van der Waals surface area contributed by atoms with Crippen LogP contribution >= 0.6 is 11.6 Å². The Morgan fingerprint density at radius 2 is 1.76 bits per heavy atom. The Kier molecular flexibility index (Phi) is 2.97. The maximum absolute atomic E-state index is 5.86. The molecule has 0 unspecified atom stereocenters. The molecule has 0 saturated heterocycles. The summed E-state index contributed by atoms with van der Waals surface area (Å²) in [5.74, 6) is 1.01. The van der Waals surface area contributed by atoms with Gasteiger partial charge in [-0.15, -0.1) is 0 Å². The summed E-state index contributed by atoms with van der Waals surface area (Å²) >= 11 is 5.86. The number of rotatable bonds is 2. The van der Waals surface area contributed by atoms with E-state index in [-0.39, 0.29) is 11.9 Å². The molecular weight excluding hydrogens is 242 g/mol. The molecule has 0 amide bonds. The van der Waals surface area contributed by atoms with Crippen molar-refractivity contribution in [2.24, 2.45) is 0 Å². The second-order valence-corrected chi connectivity index (χ2v) is 3.66. The van der Waals surface area contributed by atoms with Crippen LogP contribution in [0.3, 0.4) is 0 Å². The van der Waals surface area contributed by atoms with E-state index in [4.69, 9.17) is 27.8 Å². The largest absolute Gasteiger partial charge is 0.496 e. The van der Waals surface area contributed by atoms with E-state index in [1.165, 1.54) is 7.11 Å². The molecule has 2 rings (SSSR count). The third-order valence-corrected chi connectivity index (χ3v) is 2.31. The Balaban J connectivity index is 2.59. The van der Waals surface area contributed by atoms with Gasteiger partial charge in [-0.3, -0.25) is 0 Å². The molecule has 4 N–H and O–H groups in total. The van der Waals surface area contributed by atoms with Gasteiger partial charge in [-0.25, -0.2) is 0 Å². The second kappa shape index (κ2) is 4.42. The summed E-state index contributed by atoms with van der Waals surface area (Å²) in [5.41, 5.74) is 11.7. The first-order chi connectivity index (χ1) is 8.10. The van der Waals surface area contributed by atoms with E-state index < -0.39 is 0 Å². The van der Waals surface area contributed by atoms with Crippen molar-refractivity contribution < 1.29 is 4.74 Å². The molecule has 2 aromatic rings. The van der Waals surface area contributed by atoms with Crippen LogP contribution < -0.4 is 16.2 Å². The van der Waals surface area contributed by atoms with Gasteiger partial charge in [0.05, 0.1) is 12.7 Å². The van der Waals surface area contributed by atoms with Gasteiger partial charge in [-0.2, -0.15) is 15.0 Å². The zero-order chi connectivity index (χ0) is 12.4. The van der Waals surface area contributed by atoms with Crippen molar-refractivity contribution in [2.75, 3.05) is 18.6 Å². The zero-order valence-electron chi connectivity index (χ0n) is 9.01. The summed E-state index contributed by atoms with van der Waals surface area (Å²) in [6, 6.07) is 5.10. The first-order valence-corrected chi connectivity index (χ1v) is 5.09. The highest BCUT2D eigenvalue weighted by molar-refractivity contribution is 6.30. The number of methoxy groups -OCH3 is 1. The lowest BCUT2D eigenvalue weighted by Gasteiger charge is -2.08. The number of hydrogen-bond acceptors (Lipinski definition) is 6. The van der Waals surface area contributed by atoms with Gasteiger partial charge in [0.25, 0.3) is 0 Å². The van der Waals surface area contributed by atoms with Gasteiger partial charge in [0, 0.05) is 5.02 Å². The average Bonchev–Trinajstić information content (AvgIpc) is 2.27. The van der Waals surface area contributed by atoms with Crippen LogP contribution in [-0.4, -0.2) is 22.1 Å². The lowest BCUT2D eigenvalue weighted by Crippen LogP contribution is -2.04. The highest BCUT2D eigenvalue weighted by Gasteiger charge is 2.11. The van der Waals surface area contributed by atoms with E-state index in [2.05, 4.69) is 15.0 Å². The first kappa shape index (κ1) is 11.4. The molecule has 0 fully saturated rings. The number of nitrogen functional groups attached to an aromatic ring is 2. The van der Waals surface area contributed by atoms with Gasteiger partial charge in [0.15, 0.2) is 5.82 Å². The molecule has 0 saturated carbocycles. The topological polar surface area (TPSA) is 99.9 Å². The fraction of sp³-hybridized carbons (Fsp3) is 0.100. The molecule has 7 heteroatoms. The van der Waals surface area contributed by atoms with Crippen molar-refractivity contribution >= 4 is 23.5 Å². The van der Waals surface area contributed by atoms with Crippen molar-refractivity contribution in [3.05, 3.63) is 23.2 Å². The van der Waals surface area contributed by atoms with Crippen LogP contribution in [0.5, 0.6) is 5.75 Å². The highest BCUT2D eigenvalue weighted by Crippen LogP contribution is 2.30. The number of anilines is 2. The summed E-state index contributed by atoms with van der Waals surface area (Å²) in [5, 5.41) is 0.556. The van der Waals surface area contributed by atoms with Crippen molar-refractivity contribution in [3.63, 3.8) is 0 Å². The number of ether oxygens (including phenoxy) is 1. The minimum absolute atomic E-state index is 0.0597. The van der Waals surface area contributed by atoms with Gasteiger partial charge >= 0.3 is 0 Å². The molecule has 0 atom stereocenters. The summed E-state index contributed by atoms with van der Waals surface area (Å²) in [4.78, 5) is 11.7. The standard InChI is InChI=1S/C10H10ClN5O/c1-17-7-4-5(11)2-3-6(7)8-14-9(12)16-10(13)15-8/h2-4H,1H3,(H4,12,13,14,15,16). The third-order valence-electron chi connectivity index (χ3n) is 2.07. The van der Waals surface area contributed by atoms with Crippen molar-refractivity contribution in [1.29, 1.82) is 0 Å². The van der Waals surface area contributed by atoms with E-state index in [1.807, 2.05) is 0 Å². The number of benzene rings is 1. The van der Waals surface area contributed by atoms with Crippen LogP contribution in [0.4, 0.5) is 11.9 Å². The fourth-order valence-corrected chi connectivity index (χ4v) is 1.54. The molecule has 1 aromatic heterocycles. The van der Waals surface area contributed by atoms with E-state index in [1.54, 1.807) is 18.2 Å².